The van der Waals surface area contributed by atoms with Crippen LogP contribution in [0.25, 0.3) is 0 Å². The van der Waals surface area contributed by atoms with Gasteiger partial charge in [-0.05, 0) is 37.0 Å². The van der Waals surface area contributed by atoms with Crippen LogP contribution < -0.4 is 5.32 Å². The first-order valence-corrected chi connectivity index (χ1v) is 9.40. The number of carboxylic acids is 1. The molecule has 0 radical (unpaired) electrons. The minimum Gasteiger partial charge on any atom is -0.478 e. The van der Waals surface area contributed by atoms with E-state index in [0.717, 1.165) is 18.4 Å². The van der Waals surface area contributed by atoms with Gasteiger partial charge in [-0.3, -0.25) is 4.79 Å². The van der Waals surface area contributed by atoms with E-state index in [1.807, 2.05) is 0 Å². The Morgan fingerprint density at radius 2 is 1.91 bits per heavy atom. The van der Waals surface area contributed by atoms with Crippen molar-refractivity contribution < 1.29 is 23.1 Å². The molecule has 1 amide bonds. The number of nitrogens with one attached hydrogen (secondary N) is 1. The van der Waals surface area contributed by atoms with Crippen molar-refractivity contribution in [1.82, 2.24) is 5.32 Å². The van der Waals surface area contributed by atoms with E-state index in [-0.39, 0.29) is 17.4 Å². The molecule has 126 valence electrons. The number of carboxylic acid groups (broad SMARTS) is 1. The third-order valence-electron chi connectivity index (χ3n) is 4.05. The fourth-order valence-electron chi connectivity index (χ4n) is 2.81. The maximum atomic E-state index is 12.1. The highest BCUT2D eigenvalue weighted by molar-refractivity contribution is 7.92. The fraction of sp³-hybridized carbons (Fsp3) is 0.500. The van der Waals surface area contributed by atoms with E-state index in [9.17, 15) is 18.0 Å². The van der Waals surface area contributed by atoms with Gasteiger partial charge < -0.3 is 10.4 Å². The standard InChI is InChI=1S/C16H21NO5S/c18-15(11-23(21,22)14-6-1-2-7-14)17-9-8-12-4-3-5-13(10-12)16(19)20/h3-5,10,14H,1-2,6-9,11H2,(H,17,18)(H,19,20). The van der Waals surface area contributed by atoms with Crippen LogP contribution in [-0.2, 0) is 21.1 Å². The van der Waals surface area contributed by atoms with Gasteiger partial charge in [-0.15, -0.1) is 0 Å². The monoisotopic (exact) mass is 339 g/mol. The number of carbonyl (C=O) groups is 2. The zero-order chi connectivity index (χ0) is 16.9. The Bertz CT molecular complexity index is 677. The molecule has 0 bridgehead atoms. The van der Waals surface area contributed by atoms with E-state index in [2.05, 4.69) is 5.32 Å². The summed E-state index contributed by atoms with van der Waals surface area (Å²) >= 11 is 0. The molecule has 0 heterocycles. The maximum absolute atomic E-state index is 12.1. The second kappa shape index (κ2) is 7.59. The number of benzene rings is 1. The van der Waals surface area contributed by atoms with Crippen molar-refractivity contribution in [1.29, 1.82) is 0 Å². The zero-order valence-electron chi connectivity index (χ0n) is 12.8. The number of aromatic carboxylic acids is 1. The first-order valence-electron chi connectivity index (χ1n) is 7.69. The zero-order valence-corrected chi connectivity index (χ0v) is 13.6. The summed E-state index contributed by atoms with van der Waals surface area (Å²) in [6.45, 7) is 0.280. The number of sulfone groups is 1. The van der Waals surface area contributed by atoms with Gasteiger partial charge in [0, 0.05) is 6.54 Å². The summed E-state index contributed by atoms with van der Waals surface area (Å²) in [5, 5.41) is 11.1. The van der Waals surface area contributed by atoms with Crippen molar-refractivity contribution in [2.24, 2.45) is 0 Å². The normalized spacial score (nSPS) is 15.5. The van der Waals surface area contributed by atoms with Crippen LogP contribution in [-0.4, -0.2) is 42.9 Å². The van der Waals surface area contributed by atoms with Gasteiger partial charge in [-0.1, -0.05) is 25.0 Å². The molecule has 0 atom stereocenters. The number of amides is 1. The fourth-order valence-corrected chi connectivity index (χ4v) is 4.56. The van der Waals surface area contributed by atoms with Crippen LogP contribution in [0, 0.1) is 0 Å². The number of hydrogen-bond acceptors (Lipinski definition) is 4. The lowest BCUT2D eigenvalue weighted by molar-refractivity contribution is -0.118. The second-order valence-electron chi connectivity index (χ2n) is 5.82. The summed E-state index contributed by atoms with van der Waals surface area (Å²) in [4.78, 5) is 22.7. The minimum absolute atomic E-state index is 0.192. The van der Waals surface area contributed by atoms with Crippen molar-refractivity contribution >= 4 is 21.7 Å². The van der Waals surface area contributed by atoms with Gasteiger partial charge in [0.15, 0.2) is 9.84 Å². The lowest BCUT2D eigenvalue weighted by atomic mass is 10.1. The minimum atomic E-state index is -3.36. The molecule has 1 aromatic carbocycles. The molecule has 2 rings (SSSR count). The summed E-state index contributed by atoms with van der Waals surface area (Å²) in [6, 6.07) is 6.46. The molecule has 0 aromatic heterocycles. The average Bonchev–Trinajstić information content (AvgIpc) is 3.02. The number of hydrogen-bond donors (Lipinski definition) is 2. The molecule has 2 N–H and O–H groups in total. The van der Waals surface area contributed by atoms with Gasteiger partial charge in [0.25, 0.3) is 0 Å². The topological polar surface area (TPSA) is 101 Å². The van der Waals surface area contributed by atoms with Crippen LogP contribution in [0.15, 0.2) is 24.3 Å². The lowest BCUT2D eigenvalue weighted by Crippen LogP contribution is -2.35. The summed E-state index contributed by atoms with van der Waals surface area (Å²) in [6.07, 6.45) is 3.57. The molecular formula is C16H21NO5S. The lowest BCUT2D eigenvalue weighted by Gasteiger charge is -2.11. The Hall–Kier alpha value is -1.89. The van der Waals surface area contributed by atoms with Crippen molar-refractivity contribution in [3.8, 4) is 0 Å². The van der Waals surface area contributed by atoms with Crippen LogP contribution >= 0.6 is 0 Å². The molecule has 1 aliphatic rings. The Balaban J connectivity index is 1.80. The van der Waals surface area contributed by atoms with E-state index in [1.165, 1.54) is 6.07 Å². The molecular weight excluding hydrogens is 318 g/mol. The Morgan fingerprint density at radius 3 is 2.57 bits per heavy atom. The molecule has 1 fully saturated rings. The predicted molar refractivity (Wildman–Crippen MR) is 86.2 cm³/mol. The SMILES string of the molecule is O=C(CS(=O)(=O)C1CCCC1)NCCc1cccc(C(=O)O)c1. The van der Waals surface area contributed by atoms with E-state index < -0.39 is 27.5 Å². The third kappa shape index (κ3) is 5.06. The smallest absolute Gasteiger partial charge is 0.335 e. The molecule has 0 saturated heterocycles. The molecule has 1 aromatic rings. The third-order valence-corrected chi connectivity index (χ3v) is 6.20. The largest absolute Gasteiger partial charge is 0.478 e. The Morgan fingerprint density at radius 1 is 1.22 bits per heavy atom. The van der Waals surface area contributed by atoms with Gasteiger partial charge >= 0.3 is 5.97 Å². The second-order valence-corrected chi connectivity index (χ2v) is 8.10. The van der Waals surface area contributed by atoms with E-state index >= 15 is 0 Å². The molecule has 1 saturated carbocycles. The van der Waals surface area contributed by atoms with Crippen molar-refractivity contribution in [2.45, 2.75) is 37.4 Å². The first-order chi connectivity index (χ1) is 10.9. The molecule has 6 nitrogen and oxygen atoms in total. The van der Waals surface area contributed by atoms with Crippen molar-refractivity contribution in [3.05, 3.63) is 35.4 Å². The average molecular weight is 339 g/mol. The van der Waals surface area contributed by atoms with Crippen molar-refractivity contribution in [2.75, 3.05) is 12.3 Å². The molecule has 0 unspecified atom stereocenters. The highest BCUT2D eigenvalue weighted by Crippen LogP contribution is 2.25. The highest BCUT2D eigenvalue weighted by atomic mass is 32.2. The number of carbonyl (C=O) groups excluding carboxylic acids is 1. The van der Waals surface area contributed by atoms with Gasteiger partial charge in [0.05, 0.1) is 10.8 Å². The van der Waals surface area contributed by atoms with Crippen LogP contribution in [0.5, 0.6) is 0 Å². The summed E-state index contributed by atoms with van der Waals surface area (Å²) in [7, 11) is -3.36. The predicted octanol–water partition coefficient (Wildman–Crippen LogP) is 1.40. The van der Waals surface area contributed by atoms with Crippen LogP contribution in [0.2, 0.25) is 0 Å². The van der Waals surface area contributed by atoms with Crippen LogP contribution in [0.1, 0.15) is 41.6 Å². The van der Waals surface area contributed by atoms with Gasteiger partial charge in [0.2, 0.25) is 5.91 Å². The van der Waals surface area contributed by atoms with Crippen LogP contribution in [0.3, 0.4) is 0 Å². The molecule has 23 heavy (non-hydrogen) atoms. The van der Waals surface area contributed by atoms with E-state index in [4.69, 9.17) is 5.11 Å². The van der Waals surface area contributed by atoms with Gasteiger partial charge in [0.1, 0.15) is 5.75 Å². The molecule has 1 aliphatic carbocycles. The van der Waals surface area contributed by atoms with E-state index in [1.54, 1.807) is 18.2 Å². The summed E-state index contributed by atoms with van der Waals surface area (Å²) in [5.74, 6) is -1.96. The van der Waals surface area contributed by atoms with E-state index in [0.29, 0.717) is 19.3 Å². The molecule has 7 heteroatoms. The Labute approximate surface area is 135 Å². The van der Waals surface area contributed by atoms with Crippen LogP contribution in [0.4, 0.5) is 0 Å². The quantitative estimate of drug-likeness (QED) is 0.782. The number of rotatable bonds is 7. The first kappa shape index (κ1) is 17.5. The summed E-state index contributed by atoms with van der Waals surface area (Å²) < 4.78 is 24.1. The summed E-state index contributed by atoms with van der Waals surface area (Å²) in [5.41, 5.74) is 0.974. The Kier molecular flexibility index (Phi) is 5.76. The molecule has 0 spiro atoms. The van der Waals surface area contributed by atoms with Crippen molar-refractivity contribution in [3.63, 3.8) is 0 Å². The van der Waals surface area contributed by atoms with Gasteiger partial charge in [-0.2, -0.15) is 0 Å². The molecule has 0 aliphatic heterocycles. The highest BCUT2D eigenvalue weighted by Gasteiger charge is 2.30. The van der Waals surface area contributed by atoms with Gasteiger partial charge in [-0.25, -0.2) is 13.2 Å². The maximum Gasteiger partial charge on any atom is 0.335 e.